The molecule has 4 heterocycles. The SMILES string of the molecule is [2H]c1c([2H])c([2H])c([Si](c2ccc3c(c2)-c2cccc(-c4cc(C(C)(C)C)cc(C(C)(C)C)c4)c2-[n+]2[c-]n(-c4[c-]c(Oc5[c-]c6c(cc5)c5ccccc5n6-c5cc(C(C)(C)C)ccn5)ccc4)c4cccc(c42)-c2ccccc2-3)(c2c([2H])c([2H])c([2H])c([2H])c2[2H])c2c([2H])c([2H])c([2H])c([2H])c2[2H])c([2H])c1[2H].[Pt]. The van der Waals surface area contributed by atoms with E-state index in [0.29, 0.717) is 56.2 Å². The molecule has 91 heavy (non-hydrogen) atoms. The van der Waals surface area contributed by atoms with Crippen LogP contribution in [0.25, 0.3) is 94.5 Å². The summed E-state index contributed by atoms with van der Waals surface area (Å²) in [6, 6.07) is 48.0. The second kappa shape index (κ2) is 22.8. The van der Waals surface area contributed by atoms with Crippen LogP contribution in [0.4, 0.5) is 0 Å². The number of nitrogens with zero attached hydrogens (tertiary/aromatic N) is 4. The zero-order valence-corrected chi connectivity index (χ0v) is 55.0. The summed E-state index contributed by atoms with van der Waals surface area (Å²) in [5.74, 6) is 1.56. The van der Waals surface area contributed by atoms with Crippen LogP contribution < -0.4 is 30.1 Å². The van der Waals surface area contributed by atoms with Crippen molar-refractivity contribution in [1.29, 1.82) is 0 Å². The molecule has 0 fully saturated rings. The van der Waals surface area contributed by atoms with Crippen LogP contribution in [0.15, 0.2) is 261 Å². The Kier molecular flexibility index (Phi) is 11.0. The summed E-state index contributed by atoms with van der Waals surface area (Å²) in [5.41, 5.74) is 12.0. The average molecular weight is 1390 g/mol. The molecule has 5 nitrogen and oxygen atoms in total. The van der Waals surface area contributed by atoms with Gasteiger partial charge in [0.25, 0.3) is 6.33 Å². The molecular weight excluding hydrogens is 1300 g/mol. The molecule has 3 aromatic heterocycles. The van der Waals surface area contributed by atoms with E-state index in [9.17, 15) is 16.4 Å². The number of para-hydroxylation sites is 3. The third kappa shape index (κ3) is 10.2. The van der Waals surface area contributed by atoms with Gasteiger partial charge in [0.05, 0.1) is 37.3 Å². The number of rotatable bonds is 9. The Morgan fingerprint density at radius 2 is 1.00 bits per heavy atom. The monoisotopic (exact) mass is 1390 g/mol. The van der Waals surface area contributed by atoms with E-state index >= 15 is 0 Å². The zero-order chi connectivity index (χ0) is 74.7. The zero-order valence-electron chi connectivity index (χ0n) is 66.7. The van der Waals surface area contributed by atoms with E-state index in [1.807, 2.05) is 125 Å². The number of hydrogen-bond donors (Lipinski definition) is 0. The summed E-state index contributed by atoms with van der Waals surface area (Å²) in [5, 5.41) is 0.210. The van der Waals surface area contributed by atoms with Crippen LogP contribution in [-0.4, -0.2) is 22.2 Å². The molecule has 448 valence electrons. The summed E-state index contributed by atoms with van der Waals surface area (Å²) >= 11 is 0. The smallest absolute Gasteiger partial charge is 0.268 e. The van der Waals surface area contributed by atoms with Crippen molar-refractivity contribution in [2.45, 2.75) is 78.6 Å². The number of imidazole rings is 1. The molecule has 0 atom stereocenters. The number of ether oxygens (including phenoxy) is 1. The predicted octanol–water partition coefficient (Wildman–Crippen LogP) is 17.8. The maximum Gasteiger partial charge on any atom is 0.268 e. The maximum absolute atomic E-state index is 9.98. The van der Waals surface area contributed by atoms with Crippen molar-refractivity contribution >= 4 is 61.7 Å². The van der Waals surface area contributed by atoms with Crippen molar-refractivity contribution in [3.63, 3.8) is 0 Å². The maximum atomic E-state index is 9.98. The summed E-state index contributed by atoms with van der Waals surface area (Å²) < 4.78 is 155. The Morgan fingerprint density at radius 3 is 1.66 bits per heavy atom. The Morgan fingerprint density at radius 1 is 0.451 bits per heavy atom. The van der Waals surface area contributed by atoms with Crippen LogP contribution in [0.2, 0.25) is 0 Å². The minimum absolute atomic E-state index is 0. The largest absolute Gasteiger partial charge is 0.510 e. The fourth-order valence-corrected chi connectivity index (χ4v) is 16.6. The van der Waals surface area contributed by atoms with Gasteiger partial charge in [0, 0.05) is 44.3 Å². The molecule has 7 heteroatoms. The van der Waals surface area contributed by atoms with Crippen molar-refractivity contribution in [1.82, 2.24) is 14.1 Å². The topological polar surface area (TPSA) is 35.9 Å². The normalized spacial score (nSPS) is 14.7. The molecule has 0 bridgehead atoms. The van der Waals surface area contributed by atoms with E-state index in [1.54, 1.807) is 18.2 Å². The van der Waals surface area contributed by atoms with Gasteiger partial charge in [-0.1, -0.05) is 274 Å². The molecule has 0 spiro atoms. The molecule has 0 saturated carbocycles. The molecule has 0 saturated heterocycles. The first-order valence-corrected chi connectivity index (χ1v) is 32.1. The fraction of sp³-hybridized carbons (Fsp3) is 0.143. The predicted molar refractivity (Wildman–Crippen MR) is 375 cm³/mol. The van der Waals surface area contributed by atoms with Gasteiger partial charge in [0.2, 0.25) is 0 Å². The van der Waals surface area contributed by atoms with E-state index in [1.165, 1.54) is 0 Å². The van der Waals surface area contributed by atoms with E-state index in [-0.39, 0.29) is 42.5 Å². The Bertz CT molecular complexity index is 5780. The first-order valence-electron chi connectivity index (χ1n) is 37.6. The van der Waals surface area contributed by atoms with E-state index < -0.39 is 114 Å². The number of hydrogen-bond acceptors (Lipinski definition) is 2. The van der Waals surface area contributed by atoms with Gasteiger partial charge in [-0.05, 0) is 127 Å². The van der Waals surface area contributed by atoms with Crippen LogP contribution in [0.1, 0.15) is 99.6 Å². The van der Waals surface area contributed by atoms with E-state index in [4.69, 9.17) is 13.8 Å². The number of benzene rings is 11. The third-order valence-corrected chi connectivity index (χ3v) is 21.6. The summed E-state index contributed by atoms with van der Waals surface area (Å²) in [7, 11) is -5.64. The van der Waals surface area contributed by atoms with Gasteiger partial charge in [-0.25, -0.2) is 4.98 Å². The first-order chi connectivity index (χ1) is 49.7. The summed E-state index contributed by atoms with van der Waals surface area (Å²) in [6.45, 7) is 19.5. The molecule has 15 rings (SSSR count). The third-order valence-electron chi connectivity index (χ3n) is 17.4. The molecule has 0 N–H and O–H groups in total. The second-order valence-electron chi connectivity index (χ2n) is 26.1. The van der Waals surface area contributed by atoms with Gasteiger partial charge in [0.1, 0.15) is 5.82 Å². The minimum Gasteiger partial charge on any atom is -0.510 e. The van der Waals surface area contributed by atoms with Gasteiger partial charge in [-0.3, -0.25) is 4.57 Å². The van der Waals surface area contributed by atoms with Gasteiger partial charge < -0.3 is 13.9 Å². The van der Waals surface area contributed by atoms with Crippen LogP contribution in [0.5, 0.6) is 11.5 Å². The van der Waals surface area contributed by atoms with Gasteiger partial charge in [-0.15, -0.1) is 29.7 Å². The van der Waals surface area contributed by atoms with E-state index in [2.05, 4.69) is 122 Å². The van der Waals surface area contributed by atoms with Crippen molar-refractivity contribution in [2.75, 3.05) is 0 Å². The Labute approximate surface area is 571 Å². The van der Waals surface area contributed by atoms with Crippen LogP contribution in [0, 0.1) is 18.5 Å². The average Bonchev–Trinajstić information content (AvgIpc) is 0.924. The number of aromatic nitrogens is 4. The quantitative estimate of drug-likeness (QED) is 0.0625. The summed E-state index contributed by atoms with van der Waals surface area (Å²) in [6.07, 6.45) is 5.70. The second-order valence-corrected chi connectivity index (χ2v) is 29.7. The van der Waals surface area contributed by atoms with E-state index in [0.717, 1.165) is 66.6 Å². The van der Waals surface area contributed by atoms with Crippen molar-refractivity contribution in [3.05, 3.63) is 296 Å². The number of fused-ring (bicyclic) bond motifs is 10. The Hall–Kier alpha value is -9.45. The van der Waals surface area contributed by atoms with Crippen molar-refractivity contribution in [3.8, 4) is 73.2 Å². The molecule has 1 aliphatic heterocycles. The molecule has 0 amide bonds. The van der Waals surface area contributed by atoms with Gasteiger partial charge >= 0.3 is 0 Å². The number of pyridine rings is 1. The molecule has 0 unspecified atom stereocenters. The van der Waals surface area contributed by atoms with Crippen molar-refractivity contribution < 1.29 is 50.9 Å². The minimum atomic E-state index is -5.64. The molecule has 0 aliphatic carbocycles. The van der Waals surface area contributed by atoms with Crippen LogP contribution in [-0.2, 0) is 37.3 Å². The molecule has 1 aliphatic rings. The molecule has 0 radical (unpaired) electrons. The van der Waals surface area contributed by atoms with Crippen LogP contribution in [0.3, 0.4) is 0 Å². The first kappa shape index (κ1) is 44.1. The molecular formula is C84H70N4OPtSi-2. The Balaban J connectivity index is 0.00000944. The summed E-state index contributed by atoms with van der Waals surface area (Å²) in [4.78, 5) is 4.89. The molecule has 11 aromatic carbocycles. The fourth-order valence-electron chi connectivity index (χ4n) is 12.8. The van der Waals surface area contributed by atoms with Crippen LogP contribution >= 0.6 is 0 Å². The molecule has 14 aromatic rings. The van der Waals surface area contributed by atoms with Gasteiger partial charge in [-0.2, -0.15) is 18.2 Å². The van der Waals surface area contributed by atoms with Crippen molar-refractivity contribution in [2.24, 2.45) is 0 Å². The van der Waals surface area contributed by atoms with Gasteiger partial charge in [0.15, 0.2) is 8.07 Å². The standard InChI is InChI=1S/C84H70N4OSi.Pt/c1-82(2,3)57-46-47-85-79(51-57)88-76-40-22-21-36-71(76)72-44-42-62(53-78(72)88)89-61-27-23-26-60(52-61)86-55-87-80-67(56-48-58(83(4,5)6)50-59(49-56)84(7,8)9)37-24-38-74(80)75-54-66(43-45-70(75)68-34-19-20-35-69(68)73-39-25-41-77(86)81(73)87)90(63-28-13-10-14-29-63,64-30-15-11-16-31-64)65-32-17-12-18-33-65;/h10-51,54H,1-9H3;/q-2;/i10D,11D,12D,13D,14D,15D,16D,17D,18D,28D,29D,30D,31D,32D,33D;.